The molecule has 0 saturated heterocycles. The Morgan fingerprint density at radius 1 is 1.39 bits per heavy atom. The van der Waals surface area contributed by atoms with Crippen molar-refractivity contribution in [1.82, 2.24) is 4.98 Å². The van der Waals surface area contributed by atoms with Gasteiger partial charge in [-0.15, -0.1) is 11.3 Å². The van der Waals surface area contributed by atoms with Gasteiger partial charge in [0.2, 0.25) is 0 Å². The van der Waals surface area contributed by atoms with Crippen LogP contribution in [0.5, 0.6) is 0 Å². The third-order valence-corrected chi connectivity index (χ3v) is 5.08. The van der Waals surface area contributed by atoms with Crippen molar-refractivity contribution >= 4 is 11.3 Å². The van der Waals surface area contributed by atoms with Crippen LogP contribution in [0.15, 0.2) is 5.38 Å². The number of nitrogens with two attached hydrogens (primary N) is 1. The first-order chi connectivity index (χ1) is 8.66. The van der Waals surface area contributed by atoms with E-state index < -0.39 is 0 Å². The summed E-state index contributed by atoms with van der Waals surface area (Å²) < 4.78 is 5.85. The fourth-order valence-corrected chi connectivity index (χ4v) is 3.76. The first kappa shape index (κ1) is 14.0. The summed E-state index contributed by atoms with van der Waals surface area (Å²) in [4.78, 5) is 4.52. The molecular formula is C14H24N2OS. The van der Waals surface area contributed by atoms with E-state index in [9.17, 15) is 0 Å². The molecule has 1 aliphatic carbocycles. The highest BCUT2D eigenvalue weighted by molar-refractivity contribution is 7.09. The van der Waals surface area contributed by atoms with E-state index in [1.54, 1.807) is 11.3 Å². The topological polar surface area (TPSA) is 48.1 Å². The molecule has 1 aromatic rings. The summed E-state index contributed by atoms with van der Waals surface area (Å²) in [5.41, 5.74) is 7.41. The van der Waals surface area contributed by atoms with Gasteiger partial charge in [-0.05, 0) is 19.8 Å². The summed E-state index contributed by atoms with van der Waals surface area (Å²) >= 11 is 1.71. The van der Waals surface area contributed by atoms with Crippen molar-refractivity contribution in [1.29, 1.82) is 0 Å². The smallest absolute Gasteiger partial charge is 0.0944 e. The number of aromatic nitrogens is 1. The Bertz CT molecular complexity index is 370. The van der Waals surface area contributed by atoms with Crippen molar-refractivity contribution in [2.75, 3.05) is 7.11 Å². The predicted octanol–water partition coefficient (Wildman–Crippen LogP) is 3.06. The lowest BCUT2D eigenvalue weighted by Crippen LogP contribution is -2.50. The van der Waals surface area contributed by atoms with Crippen LogP contribution in [0.4, 0.5) is 0 Å². The molecule has 0 aromatic carbocycles. The molecule has 4 heteroatoms. The van der Waals surface area contributed by atoms with Crippen molar-refractivity contribution < 1.29 is 4.74 Å². The van der Waals surface area contributed by atoms with E-state index >= 15 is 0 Å². The van der Waals surface area contributed by atoms with Gasteiger partial charge in [0.05, 0.1) is 10.6 Å². The van der Waals surface area contributed by atoms with Gasteiger partial charge in [-0.25, -0.2) is 4.98 Å². The monoisotopic (exact) mass is 268 g/mol. The second kappa shape index (κ2) is 6.13. The van der Waals surface area contributed by atoms with Crippen LogP contribution in [0.1, 0.15) is 49.2 Å². The lowest BCUT2D eigenvalue weighted by molar-refractivity contribution is -0.0430. The van der Waals surface area contributed by atoms with Gasteiger partial charge in [0.25, 0.3) is 0 Å². The molecule has 1 atom stereocenters. The van der Waals surface area contributed by atoms with Gasteiger partial charge in [0.15, 0.2) is 0 Å². The third kappa shape index (κ3) is 3.11. The van der Waals surface area contributed by atoms with Crippen LogP contribution in [0.2, 0.25) is 0 Å². The van der Waals surface area contributed by atoms with E-state index in [4.69, 9.17) is 10.5 Å². The third-order valence-electron chi connectivity index (χ3n) is 4.09. The maximum absolute atomic E-state index is 6.45. The van der Waals surface area contributed by atoms with Gasteiger partial charge in [-0.2, -0.15) is 0 Å². The summed E-state index contributed by atoms with van der Waals surface area (Å²) in [5, 5.41) is 3.23. The number of aryl methyl sites for hydroxylation is 1. The number of hydrogen-bond donors (Lipinski definition) is 1. The second-order valence-electron chi connectivity index (χ2n) is 5.38. The molecule has 3 nitrogen and oxygen atoms in total. The zero-order valence-corrected chi connectivity index (χ0v) is 12.3. The van der Waals surface area contributed by atoms with Crippen molar-refractivity contribution in [2.24, 2.45) is 5.73 Å². The Kier molecular flexibility index (Phi) is 4.76. The summed E-state index contributed by atoms with van der Waals surface area (Å²) in [5.74, 6) is 0. The van der Waals surface area contributed by atoms with Gasteiger partial charge >= 0.3 is 0 Å². The molecule has 0 amide bonds. The molecule has 1 fully saturated rings. The van der Waals surface area contributed by atoms with E-state index in [0.717, 1.165) is 30.0 Å². The average molecular weight is 268 g/mol. The Balaban J connectivity index is 2.06. The average Bonchev–Trinajstić information content (AvgIpc) is 2.65. The Hall–Kier alpha value is -0.450. The molecule has 1 unspecified atom stereocenters. The maximum Gasteiger partial charge on any atom is 0.0944 e. The molecule has 1 aromatic heterocycles. The number of hydrogen-bond acceptors (Lipinski definition) is 4. The van der Waals surface area contributed by atoms with E-state index in [0.29, 0.717) is 0 Å². The Morgan fingerprint density at radius 3 is 2.56 bits per heavy atom. The molecule has 0 spiro atoms. The van der Waals surface area contributed by atoms with E-state index in [1.165, 1.54) is 25.7 Å². The predicted molar refractivity (Wildman–Crippen MR) is 76.0 cm³/mol. The number of ether oxygens (including phenoxy) is 1. The molecule has 0 aliphatic heterocycles. The minimum Gasteiger partial charge on any atom is -0.377 e. The van der Waals surface area contributed by atoms with Crippen LogP contribution in [-0.2, 0) is 11.2 Å². The maximum atomic E-state index is 6.45. The van der Waals surface area contributed by atoms with Crippen LogP contribution >= 0.6 is 11.3 Å². The molecular weight excluding hydrogens is 244 g/mol. The van der Waals surface area contributed by atoms with E-state index in [1.807, 2.05) is 14.0 Å². The summed E-state index contributed by atoms with van der Waals surface area (Å²) in [6.45, 7) is 2.03. The normalized spacial score (nSPS) is 21.5. The van der Waals surface area contributed by atoms with Crippen LogP contribution in [-0.4, -0.2) is 23.7 Å². The lowest BCUT2D eigenvalue weighted by atomic mass is 9.85. The van der Waals surface area contributed by atoms with Crippen LogP contribution in [0.3, 0.4) is 0 Å². The molecule has 2 rings (SSSR count). The molecule has 18 heavy (non-hydrogen) atoms. The number of rotatable bonds is 4. The van der Waals surface area contributed by atoms with Crippen LogP contribution in [0.25, 0.3) is 0 Å². The van der Waals surface area contributed by atoms with Crippen molar-refractivity contribution in [2.45, 2.75) is 63.5 Å². The Morgan fingerprint density at radius 2 is 2.06 bits per heavy atom. The minimum atomic E-state index is -0.129. The highest BCUT2D eigenvalue weighted by Crippen LogP contribution is 2.33. The van der Waals surface area contributed by atoms with Crippen molar-refractivity contribution in [3.05, 3.63) is 16.1 Å². The quantitative estimate of drug-likeness (QED) is 0.854. The van der Waals surface area contributed by atoms with Crippen molar-refractivity contribution in [3.8, 4) is 0 Å². The van der Waals surface area contributed by atoms with E-state index in [2.05, 4.69) is 10.4 Å². The summed E-state index contributed by atoms with van der Waals surface area (Å²) in [7, 11) is 1.82. The number of nitrogens with zero attached hydrogens (tertiary/aromatic N) is 1. The van der Waals surface area contributed by atoms with Gasteiger partial charge in [0.1, 0.15) is 0 Å². The summed E-state index contributed by atoms with van der Waals surface area (Å²) in [6.07, 6.45) is 8.12. The molecule has 1 saturated carbocycles. The molecule has 0 bridgehead atoms. The Labute approximate surface area is 114 Å². The second-order valence-corrected chi connectivity index (χ2v) is 6.32. The fourth-order valence-electron chi connectivity index (χ4n) is 2.92. The first-order valence-electron chi connectivity index (χ1n) is 6.88. The van der Waals surface area contributed by atoms with Gasteiger partial charge in [0, 0.05) is 30.6 Å². The molecule has 1 heterocycles. The fraction of sp³-hybridized carbons (Fsp3) is 0.786. The van der Waals surface area contributed by atoms with Gasteiger partial charge < -0.3 is 10.5 Å². The molecule has 0 radical (unpaired) electrons. The standard InChI is InChI=1S/C14H24N2OS/c1-11-10-18-13(16-11)9-12(15)14(17-2)7-5-3-4-6-8-14/h10,12H,3-9,15H2,1-2H3. The van der Waals surface area contributed by atoms with Crippen LogP contribution in [0, 0.1) is 6.92 Å². The molecule has 102 valence electrons. The largest absolute Gasteiger partial charge is 0.377 e. The zero-order chi connectivity index (χ0) is 13.0. The highest BCUT2D eigenvalue weighted by atomic mass is 32.1. The van der Waals surface area contributed by atoms with Crippen molar-refractivity contribution in [3.63, 3.8) is 0 Å². The summed E-state index contributed by atoms with van der Waals surface area (Å²) in [6, 6.07) is 0.0612. The number of thiazole rings is 1. The van der Waals surface area contributed by atoms with Gasteiger partial charge in [-0.1, -0.05) is 25.7 Å². The SMILES string of the molecule is COC1(C(N)Cc2nc(C)cs2)CCCCCC1. The highest BCUT2D eigenvalue weighted by Gasteiger charge is 2.37. The first-order valence-corrected chi connectivity index (χ1v) is 7.76. The van der Waals surface area contributed by atoms with E-state index in [-0.39, 0.29) is 11.6 Å². The molecule has 2 N–H and O–H groups in total. The van der Waals surface area contributed by atoms with Crippen LogP contribution < -0.4 is 5.73 Å². The minimum absolute atomic E-state index is 0.0612. The lowest BCUT2D eigenvalue weighted by Gasteiger charge is -2.36. The zero-order valence-electron chi connectivity index (χ0n) is 11.4. The molecule has 1 aliphatic rings. The number of methoxy groups -OCH3 is 1. The van der Waals surface area contributed by atoms with Gasteiger partial charge in [-0.3, -0.25) is 0 Å².